The molecule has 0 spiro atoms. The van der Waals surface area contributed by atoms with Crippen LogP contribution in [-0.2, 0) is 9.47 Å². The number of nitriles is 3. The molecule has 0 aromatic rings. The topological polar surface area (TPSA) is 114 Å². The maximum atomic E-state index is 10.2. The molecule has 0 amide bonds. The monoisotopic (exact) mass is 370 g/mol. The Morgan fingerprint density at radius 1 is 0.963 bits per heavy atom. The van der Waals surface area contributed by atoms with E-state index in [4.69, 9.17) is 14.9 Å². The van der Waals surface area contributed by atoms with E-state index in [1.54, 1.807) is 0 Å². The van der Waals surface area contributed by atoms with Gasteiger partial charge in [-0.25, -0.2) is 0 Å². The quantitative estimate of drug-likeness (QED) is 0.584. The first-order valence-corrected chi connectivity index (χ1v) is 10.2. The Balaban J connectivity index is 2.47. The molecular formula is C21H30N4O2. The molecule has 2 aliphatic rings. The van der Waals surface area contributed by atoms with Crippen molar-refractivity contribution < 1.29 is 9.47 Å². The average Bonchev–Trinajstić information content (AvgIpc) is 2.86. The van der Waals surface area contributed by atoms with Gasteiger partial charge in [-0.05, 0) is 19.3 Å². The van der Waals surface area contributed by atoms with E-state index in [0.29, 0.717) is 19.3 Å². The minimum Gasteiger partial charge on any atom is -0.447 e. The number of hydrogen-bond donors (Lipinski definition) is 1. The van der Waals surface area contributed by atoms with E-state index in [1.807, 2.05) is 13.8 Å². The lowest BCUT2D eigenvalue weighted by Gasteiger charge is -2.49. The largest absolute Gasteiger partial charge is 0.447 e. The Hall–Kier alpha value is -2.10. The SMILES string of the molecule is CCCCCCCC1OC2(CCC)OC(=N)C(C#N)(C2CC)C1(C#N)C#N. The fraction of sp³-hybridized carbons (Fsp3) is 0.810. The van der Waals surface area contributed by atoms with Crippen molar-refractivity contribution in [3.8, 4) is 18.2 Å². The highest BCUT2D eigenvalue weighted by molar-refractivity contribution is 5.89. The van der Waals surface area contributed by atoms with Gasteiger partial charge in [0.25, 0.3) is 0 Å². The first kappa shape index (κ1) is 21.2. The molecule has 4 atom stereocenters. The number of hydrogen-bond acceptors (Lipinski definition) is 6. The van der Waals surface area contributed by atoms with Gasteiger partial charge in [-0.2, -0.15) is 15.8 Å². The van der Waals surface area contributed by atoms with E-state index < -0.39 is 28.6 Å². The van der Waals surface area contributed by atoms with Crippen LogP contribution in [0, 0.1) is 56.2 Å². The van der Waals surface area contributed by atoms with Gasteiger partial charge in [-0.15, -0.1) is 0 Å². The molecule has 0 aliphatic carbocycles. The van der Waals surface area contributed by atoms with Crippen molar-refractivity contribution in [1.29, 1.82) is 21.2 Å². The van der Waals surface area contributed by atoms with Crippen LogP contribution in [0.2, 0.25) is 0 Å². The maximum absolute atomic E-state index is 10.2. The molecule has 2 saturated heterocycles. The highest BCUT2D eigenvalue weighted by Gasteiger charge is 2.79. The third kappa shape index (κ3) is 2.90. The number of nitrogens with one attached hydrogen (secondary N) is 1. The van der Waals surface area contributed by atoms with Crippen LogP contribution >= 0.6 is 0 Å². The minimum atomic E-state index is -1.72. The molecule has 27 heavy (non-hydrogen) atoms. The van der Waals surface area contributed by atoms with E-state index in [-0.39, 0.29) is 5.90 Å². The molecule has 2 fully saturated rings. The molecule has 0 radical (unpaired) electrons. The Kier molecular flexibility index (Phi) is 6.50. The number of nitrogens with zero attached hydrogens (tertiary/aromatic N) is 3. The van der Waals surface area contributed by atoms with Gasteiger partial charge in [0.1, 0.15) is 0 Å². The second kappa shape index (κ2) is 8.28. The summed E-state index contributed by atoms with van der Waals surface area (Å²) in [7, 11) is 0. The van der Waals surface area contributed by atoms with Crippen LogP contribution in [0.1, 0.15) is 78.6 Å². The van der Waals surface area contributed by atoms with Crippen molar-refractivity contribution in [3.63, 3.8) is 0 Å². The Bertz CT molecular complexity index is 672. The van der Waals surface area contributed by atoms with Gasteiger partial charge in [-0.1, -0.05) is 52.9 Å². The van der Waals surface area contributed by atoms with Crippen LogP contribution < -0.4 is 0 Å². The van der Waals surface area contributed by atoms with Gasteiger partial charge in [0.05, 0.1) is 30.2 Å². The van der Waals surface area contributed by atoms with Gasteiger partial charge in [0.15, 0.2) is 10.8 Å². The second-order valence-electron chi connectivity index (χ2n) is 7.71. The zero-order valence-electron chi connectivity index (χ0n) is 16.7. The van der Waals surface area contributed by atoms with Crippen LogP contribution in [0.5, 0.6) is 0 Å². The summed E-state index contributed by atoms with van der Waals surface area (Å²) in [6.45, 7) is 6.05. The van der Waals surface area contributed by atoms with Gasteiger partial charge < -0.3 is 9.47 Å². The van der Waals surface area contributed by atoms with Crippen LogP contribution in [0.3, 0.4) is 0 Å². The standard InChI is InChI=1S/C21H30N4O2/c1-4-7-8-9-10-11-17-19(13-22,14-23)20(15-24)16(6-3)21(26-17,12-5-2)27-18(20)25/h16-17,25H,4-12H2,1-3H3. The third-order valence-corrected chi connectivity index (χ3v) is 6.24. The van der Waals surface area contributed by atoms with E-state index in [0.717, 1.165) is 38.5 Å². The number of fused-ring (bicyclic) bond motifs is 2. The van der Waals surface area contributed by atoms with Crippen LogP contribution in [0.4, 0.5) is 0 Å². The molecule has 6 heteroatoms. The van der Waals surface area contributed by atoms with Crippen molar-refractivity contribution in [2.24, 2.45) is 16.7 Å². The fourth-order valence-corrected chi connectivity index (χ4v) is 4.98. The molecule has 2 bridgehead atoms. The zero-order valence-corrected chi connectivity index (χ0v) is 16.7. The average molecular weight is 370 g/mol. The number of ether oxygens (including phenoxy) is 2. The Morgan fingerprint density at radius 3 is 2.15 bits per heavy atom. The fourth-order valence-electron chi connectivity index (χ4n) is 4.98. The summed E-state index contributed by atoms with van der Waals surface area (Å²) in [4.78, 5) is 0. The van der Waals surface area contributed by atoms with Crippen molar-refractivity contribution in [3.05, 3.63) is 0 Å². The van der Waals surface area contributed by atoms with E-state index in [2.05, 4.69) is 25.1 Å². The molecule has 146 valence electrons. The summed E-state index contributed by atoms with van der Waals surface area (Å²) in [6, 6.07) is 6.43. The molecule has 0 aromatic heterocycles. The summed E-state index contributed by atoms with van der Waals surface area (Å²) in [5.41, 5.74) is -3.30. The highest BCUT2D eigenvalue weighted by Crippen LogP contribution is 2.65. The molecular weight excluding hydrogens is 340 g/mol. The Morgan fingerprint density at radius 2 is 1.63 bits per heavy atom. The van der Waals surface area contributed by atoms with E-state index >= 15 is 0 Å². The highest BCUT2D eigenvalue weighted by atomic mass is 16.7. The summed E-state index contributed by atoms with van der Waals surface area (Å²) in [6.07, 6.45) is 6.81. The molecule has 0 aromatic carbocycles. The zero-order chi connectivity index (χ0) is 20.1. The second-order valence-corrected chi connectivity index (χ2v) is 7.71. The minimum absolute atomic E-state index is 0.276. The molecule has 4 unspecified atom stereocenters. The van der Waals surface area contributed by atoms with Crippen LogP contribution in [-0.4, -0.2) is 17.8 Å². The van der Waals surface area contributed by atoms with E-state index in [9.17, 15) is 15.8 Å². The lowest BCUT2D eigenvalue weighted by atomic mass is 9.53. The van der Waals surface area contributed by atoms with Crippen LogP contribution in [0.25, 0.3) is 0 Å². The predicted octanol–water partition coefficient (Wildman–Crippen LogP) is 4.82. The molecule has 2 rings (SSSR count). The van der Waals surface area contributed by atoms with Crippen molar-refractivity contribution in [1.82, 2.24) is 0 Å². The molecule has 0 saturated carbocycles. The lowest BCUT2D eigenvalue weighted by molar-refractivity contribution is -0.284. The third-order valence-electron chi connectivity index (χ3n) is 6.24. The maximum Gasteiger partial charge on any atom is 0.217 e. The molecule has 1 N–H and O–H groups in total. The van der Waals surface area contributed by atoms with Gasteiger partial charge in [0.2, 0.25) is 11.7 Å². The van der Waals surface area contributed by atoms with Crippen molar-refractivity contribution in [2.45, 2.75) is 90.4 Å². The van der Waals surface area contributed by atoms with Crippen LogP contribution in [0.15, 0.2) is 0 Å². The van der Waals surface area contributed by atoms with Crippen molar-refractivity contribution in [2.75, 3.05) is 0 Å². The Labute approximate surface area is 162 Å². The molecule has 2 aliphatic heterocycles. The first-order valence-electron chi connectivity index (χ1n) is 10.2. The summed E-state index contributed by atoms with van der Waals surface area (Å²) < 4.78 is 12.2. The lowest BCUT2D eigenvalue weighted by Crippen LogP contribution is -2.62. The normalized spacial score (nSPS) is 33.6. The van der Waals surface area contributed by atoms with Crippen molar-refractivity contribution >= 4 is 5.90 Å². The molecule has 6 nitrogen and oxygen atoms in total. The summed E-state index contributed by atoms with van der Waals surface area (Å²) in [5.74, 6) is -1.86. The number of rotatable bonds is 9. The van der Waals surface area contributed by atoms with Gasteiger partial charge >= 0.3 is 0 Å². The van der Waals surface area contributed by atoms with Gasteiger partial charge in [-0.3, -0.25) is 5.41 Å². The van der Waals surface area contributed by atoms with Gasteiger partial charge in [0, 0.05) is 6.42 Å². The molecule has 2 heterocycles. The summed E-state index contributed by atoms with van der Waals surface area (Å²) >= 11 is 0. The first-order chi connectivity index (χ1) is 13.0. The number of unbranched alkanes of at least 4 members (excludes halogenated alkanes) is 4. The predicted molar refractivity (Wildman–Crippen MR) is 100 cm³/mol. The summed E-state index contributed by atoms with van der Waals surface area (Å²) in [5, 5.41) is 38.7. The smallest absolute Gasteiger partial charge is 0.217 e. The van der Waals surface area contributed by atoms with E-state index in [1.165, 1.54) is 0 Å².